The van der Waals surface area contributed by atoms with Crippen LogP contribution in [0, 0.1) is 0 Å². The van der Waals surface area contributed by atoms with Crippen molar-refractivity contribution in [2.24, 2.45) is 5.73 Å². The lowest BCUT2D eigenvalue weighted by atomic mass is 9.87. The number of fused-ring (bicyclic) bond motifs is 3. The van der Waals surface area contributed by atoms with Gasteiger partial charge in [-0.3, -0.25) is 4.52 Å². The van der Waals surface area contributed by atoms with Crippen molar-refractivity contribution in [3.05, 3.63) is 40.0 Å². The molecular weight excluding hydrogens is 419 g/mol. The molecular formula is C22H33N2O4PS. The third kappa shape index (κ3) is 6.46. The molecule has 0 aliphatic heterocycles. The van der Waals surface area contributed by atoms with Crippen LogP contribution >= 0.6 is 19.2 Å². The van der Waals surface area contributed by atoms with Gasteiger partial charge in [-0.05, 0) is 67.7 Å². The van der Waals surface area contributed by atoms with E-state index in [1.165, 1.54) is 58.0 Å². The highest BCUT2D eigenvalue weighted by Gasteiger charge is 2.22. The maximum Gasteiger partial charge on any atom is 0.469 e. The zero-order valence-electron chi connectivity index (χ0n) is 17.7. The van der Waals surface area contributed by atoms with Gasteiger partial charge in [-0.15, -0.1) is 11.3 Å². The van der Waals surface area contributed by atoms with Crippen LogP contribution in [0.15, 0.2) is 18.2 Å². The summed E-state index contributed by atoms with van der Waals surface area (Å²) in [6, 6.07) is 6.62. The minimum atomic E-state index is -4.40. The van der Waals surface area contributed by atoms with Crippen molar-refractivity contribution in [1.29, 1.82) is 0 Å². The summed E-state index contributed by atoms with van der Waals surface area (Å²) in [4.78, 5) is 23.8. The van der Waals surface area contributed by atoms with E-state index in [0.717, 1.165) is 25.7 Å². The normalized spacial score (nSPS) is 14.4. The number of aryl methyl sites for hydroxylation is 3. The number of benzene rings is 1. The lowest BCUT2D eigenvalue weighted by Crippen LogP contribution is -2.14. The van der Waals surface area contributed by atoms with Crippen LogP contribution in [0.5, 0.6) is 0 Å². The zero-order chi connectivity index (χ0) is 21.6. The molecule has 0 radical (unpaired) electrons. The molecule has 0 saturated carbocycles. The summed E-state index contributed by atoms with van der Waals surface area (Å²) >= 11 is 1.85. The largest absolute Gasteiger partial charge is 0.469 e. The molecule has 8 heteroatoms. The Morgan fingerprint density at radius 3 is 2.80 bits per heavy atom. The molecule has 3 rings (SSSR count). The molecule has 0 saturated heterocycles. The average Bonchev–Trinajstić information content (AvgIpc) is 3.13. The molecule has 1 aromatic heterocycles. The average molecular weight is 453 g/mol. The Kier molecular flexibility index (Phi) is 8.63. The Balaban J connectivity index is 1.66. The molecule has 0 amide bonds. The zero-order valence-corrected chi connectivity index (χ0v) is 19.4. The minimum absolute atomic E-state index is 0.0387. The quantitative estimate of drug-likeness (QED) is 0.310. The fraction of sp³-hybridized carbons (Fsp3) is 0.591. The van der Waals surface area contributed by atoms with Gasteiger partial charge in [0, 0.05) is 0 Å². The molecule has 4 N–H and O–H groups in total. The molecule has 1 aromatic carbocycles. The Labute approximate surface area is 183 Å². The number of phosphoric acid groups is 1. The van der Waals surface area contributed by atoms with Crippen molar-refractivity contribution in [3.8, 4) is 10.4 Å². The Bertz CT molecular complexity index is 880. The van der Waals surface area contributed by atoms with Crippen molar-refractivity contribution in [1.82, 2.24) is 4.98 Å². The highest BCUT2D eigenvalue weighted by atomic mass is 32.1. The van der Waals surface area contributed by atoms with Crippen LogP contribution in [0.2, 0.25) is 0 Å². The first-order valence-corrected chi connectivity index (χ1v) is 13.3. The lowest BCUT2D eigenvalue weighted by molar-refractivity contribution is 0.192. The molecule has 1 atom stereocenters. The number of hydrogen-bond acceptors (Lipinski definition) is 5. The number of nitrogens with two attached hydrogens (primary N) is 1. The fourth-order valence-electron chi connectivity index (χ4n) is 4.07. The molecule has 1 aliphatic carbocycles. The first kappa shape index (κ1) is 23.6. The second-order valence-electron chi connectivity index (χ2n) is 8.01. The molecule has 166 valence electrons. The van der Waals surface area contributed by atoms with Gasteiger partial charge in [0.05, 0.1) is 22.2 Å². The van der Waals surface area contributed by atoms with Crippen molar-refractivity contribution < 1.29 is 18.9 Å². The van der Waals surface area contributed by atoms with Crippen LogP contribution in [0.1, 0.15) is 73.2 Å². The van der Waals surface area contributed by atoms with E-state index in [1.807, 2.05) is 11.3 Å². The van der Waals surface area contributed by atoms with Crippen LogP contribution in [0.25, 0.3) is 10.4 Å². The Morgan fingerprint density at radius 1 is 1.23 bits per heavy atom. The number of phosphoric ester groups is 1. The molecule has 0 spiro atoms. The Hall–Kier alpha value is -1.08. The first-order valence-electron chi connectivity index (χ1n) is 10.9. The van der Waals surface area contributed by atoms with E-state index in [4.69, 9.17) is 20.5 Å². The smallest absolute Gasteiger partial charge is 0.330 e. The highest BCUT2D eigenvalue weighted by Crippen LogP contribution is 2.40. The molecule has 2 aromatic rings. The third-order valence-corrected chi connectivity index (χ3v) is 7.41. The Morgan fingerprint density at radius 2 is 2.07 bits per heavy atom. The van der Waals surface area contributed by atoms with Gasteiger partial charge in [0.15, 0.2) is 0 Å². The third-order valence-electron chi connectivity index (χ3n) is 5.70. The molecule has 0 unspecified atom stereocenters. The van der Waals surface area contributed by atoms with Gasteiger partial charge in [-0.2, -0.15) is 0 Å². The van der Waals surface area contributed by atoms with Gasteiger partial charge in [0.25, 0.3) is 0 Å². The molecule has 0 bridgehead atoms. The predicted molar refractivity (Wildman–Crippen MR) is 122 cm³/mol. The van der Waals surface area contributed by atoms with E-state index in [9.17, 15) is 4.57 Å². The summed E-state index contributed by atoms with van der Waals surface area (Å²) in [5.74, 6) is 0.160. The van der Waals surface area contributed by atoms with Crippen molar-refractivity contribution in [2.45, 2.75) is 70.6 Å². The van der Waals surface area contributed by atoms with Gasteiger partial charge in [0.2, 0.25) is 0 Å². The van der Waals surface area contributed by atoms with Gasteiger partial charge < -0.3 is 15.5 Å². The van der Waals surface area contributed by atoms with Gasteiger partial charge in [-0.25, -0.2) is 9.55 Å². The summed E-state index contributed by atoms with van der Waals surface area (Å²) in [5, 5.41) is 1.26. The first-order chi connectivity index (χ1) is 14.4. The summed E-state index contributed by atoms with van der Waals surface area (Å²) in [6.45, 7) is 2.78. The van der Waals surface area contributed by atoms with Crippen LogP contribution in [0.4, 0.5) is 0 Å². The van der Waals surface area contributed by atoms with E-state index in [2.05, 4.69) is 29.6 Å². The van der Waals surface area contributed by atoms with Crippen LogP contribution in [-0.4, -0.2) is 27.9 Å². The topological polar surface area (TPSA) is 106 Å². The maximum absolute atomic E-state index is 10.8. The summed E-state index contributed by atoms with van der Waals surface area (Å²) < 4.78 is 15.4. The second-order valence-corrected chi connectivity index (χ2v) is 10.3. The SMILES string of the molecule is CCCCCCc1nc2c(s1)-c1ccc([C@H](CN)CCCOP(=O)(O)O)cc1CC2. The van der Waals surface area contributed by atoms with Crippen LogP contribution in [-0.2, 0) is 28.4 Å². The lowest BCUT2D eigenvalue weighted by Gasteiger charge is -2.20. The van der Waals surface area contributed by atoms with E-state index in [-0.39, 0.29) is 12.5 Å². The van der Waals surface area contributed by atoms with E-state index < -0.39 is 7.82 Å². The standard InChI is InChI=1S/C22H33N2O4PS/c1-2-3-4-5-8-21-24-20-12-10-17-14-16(9-11-19(17)22(20)30-21)18(15-23)7-6-13-28-29(25,26)27/h9,11,14,18H,2-8,10,12-13,15,23H2,1H3,(H2,25,26,27)/t18-/m0/s1. The van der Waals surface area contributed by atoms with Gasteiger partial charge >= 0.3 is 7.82 Å². The highest BCUT2D eigenvalue weighted by molar-refractivity contribution is 7.46. The van der Waals surface area contributed by atoms with Gasteiger partial charge in [-0.1, -0.05) is 44.4 Å². The maximum atomic E-state index is 10.8. The molecule has 30 heavy (non-hydrogen) atoms. The number of nitrogens with zero attached hydrogens (tertiary/aromatic N) is 1. The summed E-state index contributed by atoms with van der Waals surface area (Å²) in [5.41, 5.74) is 11.1. The fourth-order valence-corrected chi connectivity index (χ4v) is 5.65. The van der Waals surface area contributed by atoms with Crippen LogP contribution in [0.3, 0.4) is 0 Å². The number of unbranched alkanes of at least 4 members (excludes halogenated alkanes) is 3. The van der Waals surface area contributed by atoms with Crippen molar-refractivity contribution in [2.75, 3.05) is 13.2 Å². The molecule has 1 aliphatic rings. The van der Waals surface area contributed by atoms with Crippen molar-refractivity contribution >= 4 is 19.2 Å². The predicted octanol–water partition coefficient (Wildman–Crippen LogP) is 4.96. The van der Waals surface area contributed by atoms with Gasteiger partial charge in [0.1, 0.15) is 0 Å². The molecule has 6 nitrogen and oxygen atoms in total. The summed E-state index contributed by atoms with van der Waals surface area (Å²) in [6.07, 6.45) is 9.41. The minimum Gasteiger partial charge on any atom is -0.330 e. The van der Waals surface area contributed by atoms with Crippen molar-refractivity contribution in [3.63, 3.8) is 0 Å². The van der Waals surface area contributed by atoms with E-state index >= 15 is 0 Å². The number of aromatic nitrogens is 1. The number of thiazole rings is 1. The molecule has 1 heterocycles. The number of hydrogen-bond donors (Lipinski definition) is 3. The monoisotopic (exact) mass is 452 g/mol. The number of rotatable bonds is 12. The van der Waals surface area contributed by atoms with E-state index in [1.54, 1.807) is 0 Å². The van der Waals surface area contributed by atoms with E-state index in [0.29, 0.717) is 13.0 Å². The second kappa shape index (κ2) is 11.0. The molecule has 0 fully saturated rings. The van der Waals surface area contributed by atoms with Crippen LogP contribution < -0.4 is 5.73 Å². The summed E-state index contributed by atoms with van der Waals surface area (Å²) in [7, 11) is -4.40.